The average molecular weight is 720 g/mol. The van der Waals surface area contributed by atoms with Crippen LogP contribution in [0.3, 0.4) is 0 Å². The second-order valence-electron chi connectivity index (χ2n) is 12.7. The number of likely N-dealkylation sites (N-methyl/N-ethyl adjacent to an activating group) is 1. The summed E-state index contributed by atoms with van der Waals surface area (Å²) in [5.74, 6) is -1.24. The second kappa shape index (κ2) is 16.4. The molecule has 268 valence electrons. The van der Waals surface area contributed by atoms with Crippen molar-refractivity contribution < 1.29 is 40.6 Å². The van der Waals surface area contributed by atoms with Crippen molar-refractivity contribution in [3.05, 3.63) is 83.7 Å². The molecule has 3 aromatic carbocycles. The Kier molecular flexibility index (Phi) is 12.8. The van der Waals surface area contributed by atoms with E-state index in [9.17, 15) is 31.1 Å². The van der Waals surface area contributed by atoms with Crippen LogP contribution in [0.1, 0.15) is 56.0 Å². The maximum absolute atomic E-state index is 14.4. The van der Waals surface area contributed by atoms with Gasteiger partial charge in [-0.2, -0.15) is 4.31 Å². The monoisotopic (exact) mass is 719 g/mol. The fraction of sp³-hybridized carbons (Fsp3) is 0.457. The fourth-order valence-electron chi connectivity index (χ4n) is 5.52. The Morgan fingerprint density at radius 2 is 1.65 bits per heavy atom. The molecule has 3 aromatic rings. The highest BCUT2D eigenvalue weighted by Gasteiger charge is 2.32. The van der Waals surface area contributed by atoms with Crippen LogP contribution in [-0.2, 0) is 24.8 Å². The number of hydrogen-bond donors (Lipinski definition) is 2. The molecule has 4 rings (SSSR count). The van der Waals surface area contributed by atoms with Crippen molar-refractivity contribution in [2.75, 3.05) is 38.1 Å². The van der Waals surface area contributed by atoms with Gasteiger partial charge in [-0.1, -0.05) is 24.6 Å². The first-order valence-electron chi connectivity index (χ1n) is 16.3. The first kappa shape index (κ1) is 38.2. The lowest BCUT2D eigenvalue weighted by molar-refractivity contribution is -0.00833. The number of aliphatic hydroxyl groups is 1. The van der Waals surface area contributed by atoms with Gasteiger partial charge in [-0.05, 0) is 94.6 Å². The molecule has 0 unspecified atom stereocenters. The summed E-state index contributed by atoms with van der Waals surface area (Å²) in [4.78, 5) is 15.8. The largest absolute Gasteiger partial charge is 0.490 e. The number of halogens is 1. The van der Waals surface area contributed by atoms with Gasteiger partial charge in [0, 0.05) is 38.3 Å². The first-order chi connectivity index (χ1) is 23.1. The Labute approximate surface area is 289 Å². The minimum Gasteiger partial charge on any atom is -0.490 e. The van der Waals surface area contributed by atoms with Crippen molar-refractivity contribution in [1.82, 2.24) is 9.21 Å². The van der Waals surface area contributed by atoms with Gasteiger partial charge in [-0.15, -0.1) is 0 Å². The molecule has 49 heavy (non-hydrogen) atoms. The Bertz CT molecular complexity index is 1790. The first-order valence-corrected chi connectivity index (χ1v) is 19.2. The van der Waals surface area contributed by atoms with Crippen LogP contribution >= 0.6 is 0 Å². The number of anilines is 1. The van der Waals surface area contributed by atoms with Crippen molar-refractivity contribution in [3.8, 4) is 5.75 Å². The summed E-state index contributed by atoms with van der Waals surface area (Å²) in [6.45, 7) is 7.41. The van der Waals surface area contributed by atoms with Crippen molar-refractivity contribution in [3.63, 3.8) is 0 Å². The highest BCUT2D eigenvalue weighted by molar-refractivity contribution is 7.92. The van der Waals surface area contributed by atoms with Crippen molar-refractivity contribution in [2.24, 2.45) is 5.92 Å². The molecule has 0 bridgehead atoms. The molecule has 1 heterocycles. The van der Waals surface area contributed by atoms with Crippen molar-refractivity contribution >= 4 is 31.6 Å². The molecule has 0 fully saturated rings. The quantitative estimate of drug-likeness (QED) is 0.313. The molecule has 0 aromatic heterocycles. The van der Waals surface area contributed by atoms with Gasteiger partial charge in [0.05, 0.1) is 40.2 Å². The molecular weight excluding hydrogens is 674 g/mol. The second-order valence-corrected chi connectivity index (χ2v) is 16.4. The van der Waals surface area contributed by atoms with Crippen molar-refractivity contribution in [1.29, 1.82) is 0 Å². The predicted octanol–water partition coefficient (Wildman–Crippen LogP) is 5.05. The third-order valence-corrected chi connectivity index (χ3v) is 11.8. The summed E-state index contributed by atoms with van der Waals surface area (Å²) in [6, 6.07) is 14.7. The maximum Gasteiger partial charge on any atom is 0.261 e. The minimum absolute atomic E-state index is 0.0261. The molecule has 0 radical (unpaired) electrons. The van der Waals surface area contributed by atoms with Gasteiger partial charge in [0.1, 0.15) is 11.6 Å². The maximum atomic E-state index is 14.4. The smallest absolute Gasteiger partial charge is 0.261 e. The molecule has 1 aliphatic heterocycles. The molecule has 11 nitrogen and oxygen atoms in total. The molecule has 14 heteroatoms. The fourth-order valence-corrected chi connectivity index (χ4v) is 7.75. The standard InChI is InChI=1S/C35H46FN3O8S2/c1-24-9-14-31(15-10-24)49(44,45)38(5)22-34-25(2)21-39(26(3)23-40)35(41)32-20-29(37-48(42,43)30-16-11-28(36)12-17-30)13-18-33(32)47-27(4)8-6-7-19-46-34/h9-18,20,25-27,34,37,40H,6-8,19,21-23H2,1-5H3/t25-,26-,27+,34+/m1/s1. The number of fused-ring (bicyclic) bond motifs is 1. The number of benzene rings is 3. The van der Waals surface area contributed by atoms with Crippen LogP contribution in [-0.4, -0.2) is 88.7 Å². The lowest BCUT2D eigenvalue weighted by Gasteiger charge is -2.35. The molecule has 0 saturated heterocycles. The van der Waals surface area contributed by atoms with E-state index < -0.39 is 43.9 Å². The summed E-state index contributed by atoms with van der Waals surface area (Å²) >= 11 is 0. The molecule has 1 aliphatic rings. The van der Waals surface area contributed by atoms with E-state index in [1.807, 2.05) is 20.8 Å². The number of nitrogens with one attached hydrogen (secondary N) is 1. The van der Waals surface area contributed by atoms with Crippen LogP contribution in [0.2, 0.25) is 0 Å². The van der Waals surface area contributed by atoms with Crippen LogP contribution in [0.15, 0.2) is 76.5 Å². The zero-order valence-electron chi connectivity index (χ0n) is 28.5. The molecule has 0 spiro atoms. The number of amides is 1. The molecule has 4 atom stereocenters. The number of hydrogen-bond acceptors (Lipinski definition) is 8. The number of nitrogens with zero attached hydrogens (tertiary/aromatic N) is 2. The van der Waals surface area contributed by atoms with E-state index in [4.69, 9.17) is 9.47 Å². The van der Waals surface area contributed by atoms with Gasteiger partial charge in [0.15, 0.2) is 0 Å². The van der Waals surface area contributed by atoms with E-state index in [1.165, 1.54) is 34.5 Å². The minimum atomic E-state index is -4.12. The van der Waals surface area contributed by atoms with Crippen LogP contribution < -0.4 is 9.46 Å². The van der Waals surface area contributed by atoms with E-state index >= 15 is 0 Å². The van der Waals surface area contributed by atoms with E-state index in [0.717, 1.165) is 36.2 Å². The molecule has 0 aliphatic carbocycles. The summed E-state index contributed by atoms with van der Waals surface area (Å²) in [5.41, 5.74) is 1.10. The van der Waals surface area contributed by atoms with Crippen LogP contribution in [0.25, 0.3) is 0 Å². The molecule has 2 N–H and O–H groups in total. The van der Waals surface area contributed by atoms with Gasteiger partial charge in [0.25, 0.3) is 15.9 Å². The van der Waals surface area contributed by atoms with E-state index in [0.29, 0.717) is 19.4 Å². The SMILES string of the molecule is Cc1ccc(S(=O)(=O)N(C)C[C@@H]2OCCCC[C@H](C)Oc3ccc(NS(=O)(=O)c4ccc(F)cc4)cc3C(=O)N([C@H](C)CO)C[C@H]2C)cc1. The number of rotatable bonds is 9. The Morgan fingerprint density at radius 1 is 1.00 bits per heavy atom. The molecule has 1 amide bonds. The third-order valence-electron chi connectivity index (χ3n) is 8.59. The normalized spacial score (nSPS) is 20.6. The number of aryl methyl sites for hydroxylation is 1. The topological polar surface area (TPSA) is 143 Å². The number of carbonyl (C=O) groups is 1. The number of sulfonamides is 2. The average Bonchev–Trinajstić information content (AvgIpc) is 3.06. The Hall–Kier alpha value is -3.56. The van der Waals surface area contributed by atoms with Gasteiger partial charge in [0.2, 0.25) is 10.0 Å². The van der Waals surface area contributed by atoms with E-state index in [1.54, 1.807) is 31.2 Å². The Morgan fingerprint density at radius 3 is 2.31 bits per heavy atom. The van der Waals surface area contributed by atoms with E-state index in [2.05, 4.69) is 4.72 Å². The number of ether oxygens (including phenoxy) is 2. The van der Waals surface area contributed by atoms with Gasteiger partial charge < -0.3 is 19.5 Å². The lowest BCUT2D eigenvalue weighted by Crippen LogP contribution is -2.48. The van der Waals surface area contributed by atoms with Crippen molar-refractivity contribution in [2.45, 2.75) is 75.0 Å². The number of aliphatic hydroxyl groups excluding tert-OH is 1. The zero-order valence-corrected chi connectivity index (χ0v) is 30.1. The van der Waals surface area contributed by atoms with Crippen LogP contribution in [0.4, 0.5) is 10.1 Å². The predicted molar refractivity (Wildman–Crippen MR) is 185 cm³/mol. The highest BCUT2D eigenvalue weighted by Crippen LogP contribution is 2.30. The number of carbonyl (C=O) groups excluding carboxylic acids is 1. The molecule has 0 saturated carbocycles. The third kappa shape index (κ3) is 9.79. The lowest BCUT2D eigenvalue weighted by atomic mass is 10.0. The van der Waals surface area contributed by atoms with E-state index in [-0.39, 0.29) is 58.5 Å². The summed E-state index contributed by atoms with van der Waals surface area (Å²) < 4.78 is 82.8. The summed E-state index contributed by atoms with van der Waals surface area (Å²) in [6.07, 6.45) is 1.16. The Balaban J connectivity index is 1.67. The molecular formula is C35H46FN3O8S2. The van der Waals surface area contributed by atoms with Gasteiger partial charge in [-0.25, -0.2) is 21.2 Å². The van der Waals surface area contributed by atoms with Crippen LogP contribution in [0, 0.1) is 18.7 Å². The van der Waals surface area contributed by atoms with Crippen LogP contribution in [0.5, 0.6) is 5.75 Å². The van der Waals surface area contributed by atoms with Gasteiger partial charge >= 0.3 is 0 Å². The van der Waals surface area contributed by atoms with Gasteiger partial charge in [-0.3, -0.25) is 9.52 Å². The zero-order chi connectivity index (χ0) is 35.9. The summed E-state index contributed by atoms with van der Waals surface area (Å²) in [7, 11) is -6.46. The highest BCUT2D eigenvalue weighted by atomic mass is 32.2. The summed E-state index contributed by atoms with van der Waals surface area (Å²) in [5, 5.41) is 10.2.